The molecule has 0 amide bonds. The molecule has 2 aromatic rings. The van der Waals surface area contributed by atoms with Crippen LogP contribution in [0.2, 0.25) is 0 Å². The number of hydrogen-bond acceptors (Lipinski definition) is 4. The summed E-state index contributed by atoms with van der Waals surface area (Å²) in [5, 5.41) is 5.83. The van der Waals surface area contributed by atoms with Crippen LogP contribution < -0.4 is 0 Å². The molecular weight excluding hydrogens is 378 g/mol. The van der Waals surface area contributed by atoms with Crippen LogP contribution in [0.25, 0.3) is 0 Å². The summed E-state index contributed by atoms with van der Waals surface area (Å²) in [6, 6.07) is 13.1. The minimum Gasteiger partial charge on any atom is -0.351 e. The third kappa shape index (κ3) is 6.01. The standard InChI is InChI=1S/C17H12F6N2O2/c18-16(19,20)14(12-7-3-1-4-8-12)24-26-11-27-25-15(17(21,22)23)13-9-5-2-6-10-13/h1-10H,11H2. The van der Waals surface area contributed by atoms with Crippen LogP contribution in [-0.2, 0) is 9.68 Å². The average molecular weight is 390 g/mol. The summed E-state index contributed by atoms with van der Waals surface area (Å²) in [5.41, 5.74) is -3.24. The van der Waals surface area contributed by atoms with Gasteiger partial charge < -0.3 is 9.68 Å². The van der Waals surface area contributed by atoms with Crippen molar-refractivity contribution in [3.05, 3.63) is 71.8 Å². The van der Waals surface area contributed by atoms with Crippen molar-refractivity contribution in [1.29, 1.82) is 0 Å². The molecule has 0 aliphatic carbocycles. The Morgan fingerprint density at radius 1 is 0.630 bits per heavy atom. The number of rotatable bonds is 6. The number of benzene rings is 2. The van der Waals surface area contributed by atoms with E-state index in [0.717, 1.165) is 24.3 Å². The molecule has 0 saturated carbocycles. The highest BCUT2D eigenvalue weighted by molar-refractivity contribution is 6.04. The Balaban J connectivity index is 2.09. The van der Waals surface area contributed by atoms with Gasteiger partial charge in [-0.1, -0.05) is 71.0 Å². The molecular formula is C17H12F6N2O2. The predicted octanol–water partition coefficient (Wildman–Crippen LogP) is 4.91. The highest BCUT2D eigenvalue weighted by atomic mass is 19.4. The van der Waals surface area contributed by atoms with Crippen molar-refractivity contribution in [3.8, 4) is 0 Å². The van der Waals surface area contributed by atoms with Crippen molar-refractivity contribution < 1.29 is 36.0 Å². The van der Waals surface area contributed by atoms with E-state index in [2.05, 4.69) is 20.0 Å². The molecule has 0 saturated heterocycles. The van der Waals surface area contributed by atoms with E-state index in [-0.39, 0.29) is 11.1 Å². The van der Waals surface area contributed by atoms with Crippen LogP contribution >= 0.6 is 0 Å². The fraction of sp³-hybridized carbons (Fsp3) is 0.176. The molecule has 0 heterocycles. The van der Waals surface area contributed by atoms with Gasteiger partial charge in [-0.25, -0.2) is 0 Å². The molecule has 10 heteroatoms. The topological polar surface area (TPSA) is 43.2 Å². The van der Waals surface area contributed by atoms with Gasteiger partial charge in [0.1, 0.15) is 0 Å². The van der Waals surface area contributed by atoms with Gasteiger partial charge in [-0.2, -0.15) is 26.3 Å². The Kier molecular flexibility index (Phi) is 6.43. The third-order valence-electron chi connectivity index (χ3n) is 3.05. The molecule has 0 unspecified atom stereocenters. The van der Waals surface area contributed by atoms with Crippen molar-refractivity contribution in [3.63, 3.8) is 0 Å². The highest BCUT2D eigenvalue weighted by Gasteiger charge is 2.38. The Hall–Kier alpha value is -3.04. The molecule has 0 radical (unpaired) electrons. The summed E-state index contributed by atoms with van der Waals surface area (Å²) in [7, 11) is 0. The van der Waals surface area contributed by atoms with Crippen molar-refractivity contribution in [2.75, 3.05) is 6.79 Å². The van der Waals surface area contributed by atoms with E-state index in [1.165, 1.54) is 36.4 Å². The lowest BCUT2D eigenvalue weighted by atomic mass is 10.1. The minimum absolute atomic E-state index is 0.270. The maximum absolute atomic E-state index is 13.0. The second-order valence-electron chi connectivity index (χ2n) is 4.98. The van der Waals surface area contributed by atoms with Crippen molar-refractivity contribution in [1.82, 2.24) is 0 Å². The largest absolute Gasteiger partial charge is 0.437 e. The molecule has 144 valence electrons. The van der Waals surface area contributed by atoms with Crippen LogP contribution in [0.1, 0.15) is 11.1 Å². The van der Waals surface area contributed by atoms with E-state index in [0.29, 0.717) is 0 Å². The number of nitrogens with zero attached hydrogens (tertiary/aromatic N) is 2. The smallest absolute Gasteiger partial charge is 0.351 e. The zero-order valence-corrected chi connectivity index (χ0v) is 13.5. The summed E-state index contributed by atoms with van der Waals surface area (Å²) >= 11 is 0. The van der Waals surface area contributed by atoms with Crippen LogP contribution in [0.5, 0.6) is 0 Å². The minimum atomic E-state index is -4.83. The summed E-state index contributed by atoms with van der Waals surface area (Å²) in [4.78, 5) is 8.69. The highest BCUT2D eigenvalue weighted by Crippen LogP contribution is 2.24. The molecule has 0 aliphatic rings. The van der Waals surface area contributed by atoms with Gasteiger partial charge in [-0.05, 0) is 0 Å². The summed E-state index contributed by atoms with van der Waals surface area (Å²) in [5.74, 6) is 0. The van der Waals surface area contributed by atoms with Crippen molar-refractivity contribution >= 4 is 11.4 Å². The van der Waals surface area contributed by atoms with Crippen LogP contribution in [-0.4, -0.2) is 30.6 Å². The van der Waals surface area contributed by atoms with Crippen LogP contribution in [0, 0.1) is 0 Å². The summed E-state index contributed by atoms with van der Waals surface area (Å²) in [6.45, 7) is -1.04. The second-order valence-corrected chi connectivity index (χ2v) is 4.98. The Labute approximate surface area is 149 Å². The first-order valence-corrected chi connectivity index (χ1v) is 7.34. The molecule has 0 aromatic heterocycles. The Morgan fingerprint density at radius 2 is 0.963 bits per heavy atom. The van der Waals surface area contributed by atoms with E-state index in [4.69, 9.17) is 0 Å². The van der Waals surface area contributed by atoms with Crippen molar-refractivity contribution in [2.45, 2.75) is 12.4 Å². The molecule has 0 N–H and O–H groups in total. The molecule has 4 nitrogen and oxygen atoms in total. The number of halogens is 6. The quantitative estimate of drug-likeness (QED) is 0.231. The predicted molar refractivity (Wildman–Crippen MR) is 85.1 cm³/mol. The van der Waals surface area contributed by atoms with E-state index in [1.54, 1.807) is 0 Å². The molecule has 0 spiro atoms. The molecule has 0 bridgehead atoms. The second kappa shape index (κ2) is 8.56. The normalized spacial score (nSPS) is 13.4. The van der Waals surface area contributed by atoms with E-state index in [1.807, 2.05) is 0 Å². The first kappa shape index (κ1) is 20.3. The lowest BCUT2D eigenvalue weighted by Crippen LogP contribution is -2.25. The van der Waals surface area contributed by atoms with Crippen LogP contribution in [0.15, 0.2) is 71.0 Å². The maximum Gasteiger partial charge on any atom is 0.437 e. The Bertz CT molecular complexity index is 719. The SMILES string of the molecule is FC(F)(F)C(=NOCON=C(c1ccccc1)C(F)(F)F)c1ccccc1. The number of oxime groups is 2. The summed E-state index contributed by atoms with van der Waals surface area (Å²) in [6.07, 6.45) is -9.66. The van der Waals surface area contributed by atoms with Gasteiger partial charge in [-0.3, -0.25) is 0 Å². The van der Waals surface area contributed by atoms with E-state index >= 15 is 0 Å². The van der Waals surface area contributed by atoms with Gasteiger partial charge in [-0.15, -0.1) is 0 Å². The third-order valence-corrected chi connectivity index (χ3v) is 3.05. The van der Waals surface area contributed by atoms with Gasteiger partial charge in [0.05, 0.1) is 0 Å². The molecule has 27 heavy (non-hydrogen) atoms. The zero-order valence-electron chi connectivity index (χ0n) is 13.5. The fourth-order valence-corrected chi connectivity index (χ4v) is 1.93. The van der Waals surface area contributed by atoms with Crippen molar-refractivity contribution in [2.24, 2.45) is 10.3 Å². The van der Waals surface area contributed by atoms with Crippen LogP contribution in [0.4, 0.5) is 26.3 Å². The lowest BCUT2D eigenvalue weighted by molar-refractivity contribution is -0.0815. The Morgan fingerprint density at radius 3 is 1.26 bits per heavy atom. The van der Waals surface area contributed by atoms with Gasteiger partial charge >= 0.3 is 12.4 Å². The van der Waals surface area contributed by atoms with Gasteiger partial charge in [0.15, 0.2) is 11.4 Å². The molecule has 2 rings (SSSR count). The first-order valence-electron chi connectivity index (χ1n) is 7.34. The molecule has 0 atom stereocenters. The average Bonchev–Trinajstić information content (AvgIpc) is 2.60. The summed E-state index contributed by atoms with van der Waals surface area (Å²) < 4.78 is 78.0. The molecule has 0 aliphatic heterocycles. The van der Waals surface area contributed by atoms with E-state index in [9.17, 15) is 26.3 Å². The monoisotopic (exact) mass is 390 g/mol. The first-order chi connectivity index (χ1) is 12.7. The van der Waals surface area contributed by atoms with Gasteiger partial charge in [0.2, 0.25) is 0 Å². The molecule has 2 aromatic carbocycles. The fourth-order valence-electron chi connectivity index (χ4n) is 1.93. The van der Waals surface area contributed by atoms with Gasteiger partial charge in [0, 0.05) is 11.1 Å². The lowest BCUT2D eigenvalue weighted by Gasteiger charge is -2.11. The maximum atomic E-state index is 13.0. The zero-order chi connectivity index (χ0) is 19.9. The van der Waals surface area contributed by atoms with E-state index < -0.39 is 30.6 Å². The molecule has 0 fully saturated rings. The number of alkyl halides is 6. The van der Waals surface area contributed by atoms with Crippen LogP contribution in [0.3, 0.4) is 0 Å². The number of hydrogen-bond donors (Lipinski definition) is 0. The van der Waals surface area contributed by atoms with Gasteiger partial charge in [0.25, 0.3) is 6.79 Å².